The molecule has 0 fully saturated rings. The number of methoxy groups -OCH3 is 1. The van der Waals surface area contributed by atoms with Crippen molar-refractivity contribution in [3.05, 3.63) is 94.0 Å². The van der Waals surface area contributed by atoms with Crippen LogP contribution < -0.4 is 10.3 Å². The number of aromatic nitrogens is 2. The maximum atomic E-state index is 13.8. The Labute approximate surface area is 218 Å². The smallest absolute Gasteiger partial charge is 0.266 e. The summed E-state index contributed by atoms with van der Waals surface area (Å²) >= 11 is 0. The molecule has 4 aromatic rings. The van der Waals surface area contributed by atoms with Crippen LogP contribution in [-0.4, -0.2) is 36.4 Å². The Bertz CT molecular complexity index is 1560. The van der Waals surface area contributed by atoms with Crippen LogP contribution in [0.3, 0.4) is 0 Å². The van der Waals surface area contributed by atoms with Gasteiger partial charge in [-0.1, -0.05) is 37.6 Å². The number of benzene rings is 3. The van der Waals surface area contributed by atoms with Crippen LogP contribution in [0.25, 0.3) is 16.6 Å². The summed E-state index contributed by atoms with van der Waals surface area (Å²) in [7, 11) is -0.751. The molecule has 0 saturated carbocycles. The molecule has 1 atom stereocenters. The lowest BCUT2D eigenvalue weighted by molar-refractivity contribution is 0.379. The van der Waals surface area contributed by atoms with E-state index in [1.54, 1.807) is 56.5 Å². The monoisotopic (exact) mass is 519 g/mol. The third-order valence-electron chi connectivity index (χ3n) is 6.80. The standard InChI is InChI=1S/C29H33N3O4S/c1-6-7-10-22-12-18-25(19-13-22)37(34,35)31(4)21(3)28-30-26-11-8-9-20(2)27(26)29(33)32(28)23-14-16-24(36-5)17-15-23/h8-9,11-19,21H,6-7,10H2,1-5H3. The molecule has 37 heavy (non-hydrogen) atoms. The van der Waals surface area contributed by atoms with Gasteiger partial charge in [0.05, 0.1) is 34.6 Å². The third kappa shape index (κ3) is 5.17. The molecule has 0 radical (unpaired) electrons. The van der Waals surface area contributed by atoms with E-state index < -0.39 is 16.1 Å². The number of nitrogens with zero attached hydrogens (tertiary/aromatic N) is 3. The minimum Gasteiger partial charge on any atom is -0.497 e. The van der Waals surface area contributed by atoms with Gasteiger partial charge in [-0.15, -0.1) is 0 Å². The van der Waals surface area contributed by atoms with Gasteiger partial charge in [-0.3, -0.25) is 9.36 Å². The van der Waals surface area contributed by atoms with Crippen LogP contribution in [0.15, 0.2) is 76.4 Å². The number of ether oxygens (including phenoxy) is 1. The van der Waals surface area contributed by atoms with Crippen molar-refractivity contribution in [3.63, 3.8) is 0 Å². The molecule has 0 bridgehead atoms. The molecule has 0 amide bonds. The quantitative estimate of drug-likeness (QED) is 0.295. The van der Waals surface area contributed by atoms with Crippen molar-refractivity contribution in [2.75, 3.05) is 14.2 Å². The van der Waals surface area contributed by atoms with Crippen molar-refractivity contribution < 1.29 is 13.2 Å². The Hall–Kier alpha value is -3.49. The fourth-order valence-corrected chi connectivity index (χ4v) is 5.74. The second-order valence-corrected chi connectivity index (χ2v) is 11.2. The van der Waals surface area contributed by atoms with Crippen molar-refractivity contribution in [1.82, 2.24) is 13.9 Å². The molecule has 0 aliphatic rings. The SMILES string of the molecule is CCCCc1ccc(S(=O)(=O)N(C)C(C)c2nc3cccc(C)c3c(=O)n2-c2ccc(OC)cc2)cc1. The highest BCUT2D eigenvalue weighted by atomic mass is 32.2. The van der Waals surface area contributed by atoms with Gasteiger partial charge < -0.3 is 4.74 Å². The van der Waals surface area contributed by atoms with Crippen molar-refractivity contribution >= 4 is 20.9 Å². The Morgan fingerprint density at radius 1 is 1.03 bits per heavy atom. The highest BCUT2D eigenvalue weighted by molar-refractivity contribution is 7.89. The topological polar surface area (TPSA) is 81.5 Å². The Morgan fingerprint density at radius 2 is 1.70 bits per heavy atom. The number of unbranched alkanes of at least 4 members (excludes halogenated alkanes) is 1. The fourth-order valence-electron chi connectivity index (χ4n) is 4.42. The van der Waals surface area contributed by atoms with E-state index >= 15 is 0 Å². The Kier molecular flexibility index (Phi) is 7.80. The van der Waals surface area contributed by atoms with E-state index in [0.29, 0.717) is 28.2 Å². The summed E-state index contributed by atoms with van der Waals surface area (Å²) in [6.45, 7) is 5.74. The first kappa shape index (κ1) is 26.6. The minimum atomic E-state index is -3.85. The molecular weight excluding hydrogens is 486 g/mol. The number of hydrogen-bond acceptors (Lipinski definition) is 5. The first-order chi connectivity index (χ1) is 17.7. The molecule has 1 heterocycles. The largest absolute Gasteiger partial charge is 0.497 e. The molecule has 8 heteroatoms. The van der Waals surface area contributed by atoms with E-state index in [1.807, 2.05) is 31.2 Å². The van der Waals surface area contributed by atoms with Crippen LogP contribution in [0.5, 0.6) is 5.75 Å². The van der Waals surface area contributed by atoms with Crippen LogP contribution in [0.4, 0.5) is 0 Å². The van der Waals surface area contributed by atoms with Crippen molar-refractivity contribution in [2.45, 2.75) is 51.0 Å². The number of sulfonamides is 1. The number of rotatable bonds is 9. The second kappa shape index (κ2) is 10.9. The van der Waals surface area contributed by atoms with Gasteiger partial charge in [-0.05, 0) is 80.3 Å². The highest BCUT2D eigenvalue weighted by Crippen LogP contribution is 2.28. The van der Waals surface area contributed by atoms with E-state index in [9.17, 15) is 13.2 Å². The minimum absolute atomic E-state index is 0.206. The normalized spacial score (nSPS) is 12.7. The third-order valence-corrected chi connectivity index (χ3v) is 8.74. The number of aryl methyl sites for hydroxylation is 2. The first-order valence-corrected chi connectivity index (χ1v) is 13.9. The molecule has 1 aromatic heterocycles. The summed E-state index contributed by atoms with van der Waals surface area (Å²) in [5, 5.41) is 0.502. The zero-order valence-corrected chi connectivity index (χ0v) is 22.7. The molecule has 7 nitrogen and oxygen atoms in total. The zero-order chi connectivity index (χ0) is 26.7. The summed E-state index contributed by atoms with van der Waals surface area (Å²) in [6.07, 6.45) is 3.05. The number of hydrogen-bond donors (Lipinski definition) is 0. The molecule has 3 aromatic carbocycles. The van der Waals surface area contributed by atoms with Gasteiger partial charge in [0.25, 0.3) is 5.56 Å². The van der Waals surface area contributed by atoms with Crippen LogP contribution in [-0.2, 0) is 16.4 Å². The van der Waals surface area contributed by atoms with E-state index in [4.69, 9.17) is 9.72 Å². The lowest BCUT2D eigenvalue weighted by Crippen LogP contribution is -2.35. The summed E-state index contributed by atoms with van der Waals surface area (Å²) in [5.41, 5.74) is 2.78. The molecule has 0 spiro atoms. The molecule has 4 rings (SSSR count). The van der Waals surface area contributed by atoms with Gasteiger partial charge in [0.2, 0.25) is 10.0 Å². The van der Waals surface area contributed by atoms with Crippen molar-refractivity contribution in [2.24, 2.45) is 0 Å². The van der Waals surface area contributed by atoms with E-state index in [0.717, 1.165) is 30.4 Å². The second-order valence-electron chi connectivity index (χ2n) is 9.22. The molecule has 0 aliphatic carbocycles. The Morgan fingerprint density at radius 3 is 2.32 bits per heavy atom. The average molecular weight is 520 g/mol. The summed E-state index contributed by atoms with van der Waals surface area (Å²) in [4.78, 5) is 18.8. The molecule has 0 N–H and O–H groups in total. The van der Waals surface area contributed by atoms with Crippen LogP contribution in [0.2, 0.25) is 0 Å². The maximum Gasteiger partial charge on any atom is 0.266 e. The van der Waals surface area contributed by atoms with Crippen LogP contribution in [0.1, 0.15) is 49.7 Å². The first-order valence-electron chi connectivity index (χ1n) is 12.4. The van der Waals surface area contributed by atoms with Gasteiger partial charge in [-0.2, -0.15) is 4.31 Å². The maximum absolute atomic E-state index is 13.8. The predicted molar refractivity (Wildman–Crippen MR) is 147 cm³/mol. The van der Waals surface area contributed by atoms with Gasteiger partial charge in [0, 0.05) is 7.05 Å². The zero-order valence-electron chi connectivity index (χ0n) is 21.9. The van der Waals surface area contributed by atoms with Gasteiger partial charge in [0.1, 0.15) is 11.6 Å². The molecule has 194 valence electrons. The highest BCUT2D eigenvalue weighted by Gasteiger charge is 2.30. The van der Waals surface area contributed by atoms with Gasteiger partial charge >= 0.3 is 0 Å². The van der Waals surface area contributed by atoms with Gasteiger partial charge in [-0.25, -0.2) is 13.4 Å². The Balaban J connectivity index is 1.82. The van der Waals surface area contributed by atoms with Crippen LogP contribution >= 0.6 is 0 Å². The molecule has 0 aliphatic heterocycles. The van der Waals surface area contributed by atoms with Crippen molar-refractivity contribution in [3.8, 4) is 11.4 Å². The lowest BCUT2D eigenvalue weighted by Gasteiger charge is -2.26. The van der Waals surface area contributed by atoms with Crippen LogP contribution in [0, 0.1) is 6.92 Å². The molecular formula is C29H33N3O4S. The summed E-state index contributed by atoms with van der Waals surface area (Å²) in [6, 6.07) is 18.9. The van der Waals surface area contributed by atoms with E-state index in [-0.39, 0.29) is 10.5 Å². The van der Waals surface area contributed by atoms with Crippen molar-refractivity contribution in [1.29, 1.82) is 0 Å². The van der Waals surface area contributed by atoms with E-state index in [2.05, 4.69) is 6.92 Å². The number of fused-ring (bicyclic) bond motifs is 1. The van der Waals surface area contributed by atoms with Gasteiger partial charge in [0.15, 0.2) is 0 Å². The lowest BCUT2D eigenvalue weighted by atomic mass is 10.1. The average Bonchev–Trinajstić information content (AvgIpc) is 2.91. The molecule has 1 unspecified atom stereocenters. The fraction of sp³-hybridized carbons (Fsp3) is 0.310. The van der Waals surface area contributed by atoms with E-state index in [1.165, 1.54) is 15.9 Å². The predicted octanol–water partition coefficient (Wildman–Crippen LogP) is 5.43. The summed E-state index contributed by atoms with van der Waals surface area (Å²) in [5.74, 6) is 0.984. The summed E-state index contributed by atoms with van der Waals surface area (Å²) < 4.78 is 35.2. The molecule has 0 saturated heterocycles.